The minimum absolute atomic E-state index is 0.0472. The SMILES string of the molecule is O=C(NCCOCC(F)(F)F)c1cc(Cl)nc(Cl)c1. The summed E-state index contributed by atoms with van der Waals surface area (Å²) in [5.41, 5.74) is 0.167. The molecule has 0 atom stereocenters. The van der Waals surface area contributed by atoms with Gasteiger partial charge in [0, 0.05) is 12.1 Å². The Morgan fingerprint density at radius 2 is 1.89 bits per heavy atom. The molecule has 0 unspecified atom stereocenters. The lowest BCUT2D eigenvalue weighted by Gasteiger charge is -2.08. The van der Waals surface area contributed by atoms with Crippen molar-refractivity contribution in [3.05, 3.63) is 28.0 Å². The first kappa shape index (κ1) is 16.0. The van der Waals surface area contributed by atoms with Gasteiger partial charge in [0.25, 0.3) is 5.91 Å². The van der Waals surface area contributed by atoms with Crippen LogP contribution in [-0.2, 0) is 4.74 Å². The molecule has 0 aliphatic carbocycles. The number of rotatable bonds is 5. The van der Waals surface area contributed by atoms with Crippen LogP contribution in [0.1, 0.15) is 10.4 Å². The lowest BCUT2D eigenvalue weighted by atomic mass is 10.2. The highest BCUT2D eigenvalue weighted by Crippen LogP contribution is 2.15. The summed E-state index contributed by atoms with van der Waals surface area (Å²) in [5.74, 6) is -0.526. The molecule has 0 aliphatic rings. The number of hydrogen-bond donors (Lipinski definition) is 1. The van der Waals surface area contributed by atoms with E-state index in [4.69, 9.17) is 23.2 Å². The Balaban J connectivity index is 2.35. The van der Waals surface area contributed by atoms with Crippen LogP contribution in [0.25, 0.3) is 0 Å². The van der Waals surface area contributed by atoms with Gasteiger partial charge in [0.2, 0.25) is 0 Å². The zero-order valence-corrected chi connectivity index (χ0v) is 10.9. The fourth-order valence-corrected chi connectivity index (χ4v) is 1.58. The minimum Gasteiger partial charge on any atom is -0.370 e. The third-order valence-corrected chi connectivity index (χ3v) is 2.21. The van der Waals surface area contributed by atoms with Gasteiger partial charge in [-0.25, -0.2) is 4.98 Å². The first-order valence-electron chi connectivity index (χ1n) is 5.04. The molecule has 1 amide bonds. The number of halogens is 5. The van der Waals surface area contributed by atoms with Gasteiger partial charge in [-0.3, -0.25) is 4.79 Å². The van der Waals surface area contributed by atoms with Crippen molar-refractivity contribution in [2.24, 2.45) is 0 Å². The molecule has 9 heteroatoms. The quantitative estimate of drug-likeness (QED) is 0.671. The van der Waals surface area contributed by atoms with E-state index < -0.39 is 18.7 Å². The van der Waals surface area contributed by atoms with Gasteiger partial charge in [0.05, 0.1) is 6.61 Å². The molecule has 0 aromatic carbocycles. The van der Waals surface area contributed by atoms with Crippen molar-refractivity contribution in [1.29, 1.82) is 0 Å². The normalized spacial score (nSPS) is 11.4. The molecule has 106 valence electrons. The van der Waals surface area contributed by atoms with Crippen molar-refractivity contribution in [2.45, 2.75) is 6.18 Å². The summed E-state index contributed by atoms with van der Waals surface area (Å²) in [7, 11) is 0. The second-order valence-electron chi connectivity index (χ2n) is 3.42. The topological polar surface area (TPSA) is 51.2 Å². The van der Waals surface area contributed by atoms with Crippen molar-refractivity contribution in [3.8, 4) is 0 Å². The van der Waals surface area contributed by atoms with Gasteiger partial charge in [0.15, 0.2) is 0 Å². The van der Waals surface area contributed by atoms with Crippen molar-refractivity contribution < 1.29 is 22.7 Å². The lowest BCUT2D eigenvalue weighted by Crippen LogP contribution is -2.28. The van der Waals surface area contributed by atoms with Gasteiger partial charge in [-0.2, -0.15) is 13.2 Å². The Labute approximate surface area is 116 Å². The number of carbonyl (C=O) groups excluding carboxylic acids is 1. The van der Waals surface area contributed by atoms with Crippen LogP contribution in [0.5, 0.6) is 0 Å². The Hall–Kier alpha value is -1.05. The number of hydrogen-bond acceptors (Lipinski definition) is 3. The van der Waals surface area contributed by atoms with Crippen LogP contribution in [0.15, 0.2) is 12.1 Å². The van der Waals surface area contributed by atoms with Crippen molar-refractivity contribution in [1.82, 2.24) is 10.3 Å². The fourth-order valence-electron chi connectivity index (χ4n) is 1.12. The molecule has 1 aromatic heterocycles. The van der Waals surface area contributed by atoms with Crippen LogP contribution in [-0.4, -0.2) is 36.8 Å². The van der Waals surface area contributed by atoms with E-state index in [1.807, 2.05) is 0 Å². The summed E-state index contributed by atoms with van der Waals surface area (Å²) in [6, 6.07) is 2.58. The van der Waals surface area contributed by atoms with Crippen molar-refractivity contribution in [3.63, 3.8) is 0 Å². The number of carbonyl (C=O) groups is 1. The minimum atomic E-state index is -4.38. The van der Waals surface area contributed by atoms with Gasteiger partial charge in [-0.05, 0) is 12.1 Å². The average Bonchev–Trinajstić information content (AvgIpc) is 2.25. The fraction of sp³-hybridized carbons (Fsp3) is 0.400. The maximum absolute atomic E-state index is 11.7. The lowest BCUT2D eigenvalue weighted by molar-refractivity contribution is -0.173. The van der Waals surface area contributed by atoms with Gasteiger partial charge in [0.1, 0.15) is 16.9 Å². The smallest absolute Gasteiger partial charge is 0.370 e. The predicted octanol–water partition coefficient (Wildman–Crippen LogP) is 2.70. The molecule has 1 N–H and O–H groups in total. The molecular formula is C10H9Cl2F3N2O2. The molecule has 1 aromatic rings. The number of aromatic nitrogens is 1. The average molecular weight is 317 g/mol. The number of pyridine rings is 1. The van der Waals surface area contributed by atoms with Crippen molar-refractivity contribution >= 4 is 29.1 Å². The monoisotopic (exact) mass is 316 g/mol. The number of amides is 1. The summed E-state index contributed by atoms with van der Waals surface area (Å²) in [4.78, 5) is 15.2. The van der Waals surface area contributed by atoms with E-state index in [1.54, 1.807) is 0 Å². The maximum atomic E-state index is 11.7. The first-order chi connectivity index (χ1) is 8.78. The van der Waals surface area contributed by atoms with Crippen LogP contribution < -0.4 is 5.32 Å². The highest BCUT2D eigenvalue weighted by molar-refractivity contribution is 6.33. The number of alkyl halides is 3. The summed E-state index contributed by atoms with van der Waals surface area (Å²) in [6.45, 7) is -1.67. The van der Waals surface area contributed by atoms with E-state index in [1.165, 1.54) is 12.1 Å². The second-order valence-corrected chi connectivity index (χ2v) is 4.20. The van der Waals surface area contributed by atoms with E-state index in [9.17, 15) is 18.0 Å². The summed E-state index contributed by atoms with van der Waals surface area (Å²) < 4.78 is 39.6. The molecule has 0 bridgehead atoms. The Morgan fingerprint density at radius 1 is 1.32 bits per heavy atom. The molecular weight excluding hydrogens is 308 g/mol. The highest BCUT2D eigenvalue weighted by Gasteiger charge is 2.27. The Morgan fingerprint density at radius 3 is 2.42 bits per heavy atom. The van der Waals surface area contributed by atoms with Crippen LogP contribution in [0.3, 0.4) is 0 Å². The third-order valence-electron chi connectivity index (χ3n) is 1.82. The van der Waals surface area contributed by atoms with E-state index in [-0.39, 0.29) is 29.0 Å². The zero-order valence-electron chi connectivity index (χ0n) is 9.43. The van der Waals surface area contributed by atoms with Gasteiger partial charge in [-0.15, -0.1) is 0 Å². The predicted molar refractivity (Wildman–Crippen MR) is 63.5 cm³/mol. The largest absolute Gasteiger partial charge is 0.411 e. The van der Waals surface area contributed by atoms with Crippen molar-refractivity contribution in [2.75, 3.05) is 19.8 Å². The standard InChI is InChI=1S/C10H9Cl2F3N2O2/c11-7-3-6(4-8(12)17-7)9(18)16-1-2-19-5-10(13,14)15/h3-4H,1-2,5H2,(H,16,18). The number of nitrogens with zero attached hydrogens (tertiary/aromatic N) is 1. The van der Waals surface area contributed by atoms with Gasteiger partial charge >= 0.3 is 6.18 Å². The molecule has 1 heterocycles. The van der Waals surface area contributed by atoms with Gasteiger partial charge in [-0.1, -0.05) is 23.2 Å². The summed E-state index contributed by atoms with van der Waals surface area (Å²) >= 11 is 11.2. The molecule has 4 nitrogen and oxygen atoms in total. The molecule has 0 fully saturated rings. The van der Waals surface area contributed by atoms with E-state index in [0.29, 0.717) is 0 Å². The Bertz CT molecular complexity index is 435. The third kappa shape index (κ3) is 6.60. The van der Waals surface area contributed by atoms with Crippen LogP contribution >= 0.6 is 23.2 Å². The molecule has 19 heavy (non-hydrogen) atoms. The van der Waals surface area contributed by atoms with Crippen LogP contribution in [0.4, 0.5) is 13.2 Å². The zero-order chi connectivity index (χ0) is 14.5. The van der Waals surface area contributed by atoms with E-state index >= 15 is 0 Å². The molecule has 1 rings (SSSR count). The second kappa shape index (κ2) is 6.93. The molecule has 0 saturated heterocycles. The molecule has 0 aliphatic heterocycles. The maximum Gasteiger partial charge on any atom is 0.411 e. The molecule has 0 radical (unpaired) electrons. The van der Waals surface area contributed by atoms with Gasteiger partial charge < -0.3 is 10.1 Å². The number of nitrogens with one attached hydrogen (secondary N) is 1. The highest BCUT2D eigenvalue weighted by atomic mass is 35.5. The molecule has 0 spiro atoms. The van der Waals surface area contributed by atoms with E-state index in [0.717, 1.165) is 0 Å². The van der Waals surface area contributed by atoms with Crippen LogP contribution in [0.2, 0.25) is 10.3 Å². The van der Waals surface area contributed by atoms with E-state index in [2.05, 4.69) is 15.0 Å². The Kier molecular flexibility index (Phi) is 5.84. The summed E-state index contributed by atoms with van der Waals surface area (Å²) in [6.07, 6.45) is -4.38. The first-order valence-corrected chi connectivity index (χ1v) is 5.79. The summed E-state index contributed by atoms with van der Waals surface area (Å²) in [5, 5.41) is 2.46. The molecule has 0 saturated carbocycles. The van der Waals surface area contributed by atoms with Crippen LogP contribution in [0, 0.1) is 0 Å². The number of ether oxygens (including phenoxy) is 1.